The largest absolute Gasteiger partial charge is 0.497 e. The zero-order chi connectivity index (χ0) is 19.6. The third-order valence-electron chi connectivity index (χ3n) is 5.52. The van der Waals surface area contributed by atoms with E-state index in [0.29, 0.717) is 31.8 Å². The zero-order valence-electron chi connectivity index (χ0n) is 16.2. The van der Waals surface area contributed by atoms with E-state index in [1.54, 1.807) is 28.6 Å². The molecule has 2 aliphatic heterocycles. The highest BCUT2D eigenvalue weighted by atomic mass is 32.2. The van der Waals surface area contributed by atoms with Crippen LogP contribution in [0.2, 0.25) is 0 Å². The maximum absolute atomic E-state index is 13.3. The van der Waals surface area contributed by atoms with Crippen LogP contribution in [0.15, 0.2) is 29.2 Å². The minimum atomic E-state index is -3.62. The number of fused-ring (bicyclic) bond motifs is 1. The van der Waals surface area contributed by atoms with E-state index >= 15 is 0 Å². The molecular formula is C19H27N5O3S. The van der Waals surface area contributed by atoms with E-state index in [9.17, 15) is 8.42 Å². The summed E-state index contributed by atoms with van der Waals surface area (Å²) in [7, 11) is -2.08. The number of hydrogen-bond acceptors (Lipinski definition) is 6. The fourth-order valence-electron chi connectivity index (χ4n) is 3.93. The molecule has 0 aliphatic carbocycles. The third-order valence-corrected chi connectivity index (χ3v) is 7.36. The van der Waals surface area contributed by atoms with Crippen LogP contribution in [0, 0.1) is 0 Å². The Morgan fingerprint density at radius 2 is 1.89 bits per heavy atom. The van der Waals surface area contributed by atoms with Gasteiger partial charge in [-0.25, -0.2) is 13.1 Å². The molecule has 0 saturated carbocycles. The van der Waals surface area contributed by atoms with E-state index in [2.05, 4.69) is 15.2 Å². The monoisotopic (exact) mass is 405 g/mol. The Balaban J connectivity index is 1.59. The molecule has 0 amide bonds. The van der Waals surface area contributed by atoms with Gasteiger partial charge in [0.05, 0.1) is 24.2 Å². The minimum Gasteiger partial charge on any atom is -0.497 e. The van der Waals surface area contributed by atoms with Gasteiger partial charge in [-0.1, -0.05) is 17.7 Å². The number of sulfonamides is 1. The van der Waals surface area contributed by atoms with Crippen LogP contribution in [0.4, 0.5) is 0 Å². The number of rotatable bonds is 5. The number of hydrogen-bond donors (Lipinski definition) is 0. The van der Waals surface area contributed by atoms with Crippen LogP contribution in [0.25, 0.3) is 0 Å². The fraction of sp³-hybridized carbons (Fsp3) is 0.579. The second-order valence-corrected chi connectivity index (χ2v) is 9.35. The van der Waals surface area contributed by atoms with Crippen LogP contribution >= 0.6 is 0 Å². The Hall–Kier alpha value is -1.97. The van der Waals surface area contributed by atoms with Gasteiger partial charge in [0.25, 0.3) is 0 Å². The lowest BCUT2D eigenvalue weighted by Gasteiger charge is -2.26. The predicted octanol–water partition coefficient (Wildman–Crippen LogP) is 1.87. The number of benzene rings is 1. The Bertz CT molecular complexity index is 921. The van der Waals surface area contributed by atoms with Gasteiger partial charge >= 0.3 is 0 Å². The van der Waals surface area contributed by atoms with E-state index in [4.69, 9.17) is 4.74 Å². The summed E-state index contributed by atoms with van der Waals surface area (Å²) in [5.41, 5.74) is 1.81. The first-order valence-corrected chi connectivity index (χ1v) is 11.3. The molecule has 8 nitrogen and oxygen atoms in total. The first-order chi connectivity index (χ1) is 13.6. The van der Waals surface area contributed by atoms with Crippen molar-refractivity contribution in [3.63, 3.8) is 0 Å². The molecule has 3 heterocycles. The van der Waals surface area contributed by atoms with Crippen molar-refractivity contribution >= 4 is 10.0 Å². The molecule has 2 aromatic rings. The normalized spacial score (nSPS) is 19.2. The van der Waals surface area contributed by atoms with Crippen molar-refractivity contribution in [2.24, 2.45) is 0 Å². The maximum Gasteiger partial charge on any atom is 0.243 e. The molecule has 0 bridgehead atoms. The van der Waals surface area contributed by atoms with Crippen molar-refractivity contribution in [1.82, 2.24) is 24.2 Å². The molecule has 1 saturated heterocycles. The highest BCUT2D eigenvalue weighted by molar-refractivity contribution is 7.89. The third kappa shape index (κ3) is 3.92. The molecule has 4 rings (SSSR count). The molecule has 0 spiro atoms. The van der Waals surface area contributed by atoms with E-state index in [-0.39, 0.29) is 4.90 Å². The Kier molecular flexibility index (Phi) is 5.65. The molecule has 1 fully saturated rings. The molecular weight excluding hydrogens is 378 g/mol. The van der Waals surface area contributed by atoms with Gasteiger partial charge in [-0.05, 0) is 44.5 Å². The summed E-state index contributed by atoms with van der Waals surface area (Å²) >= 11 is 0. The standard InChI is InChI=1S/C19H27N5O3S/c1-27-16-7-5-8-17(13-16)28(25,26)23-11-6-12-24-19(15-23)18(20-21-24)14-22-9-3-2-4-10-22/h5,7-8,13H,2-4,6,9-12,14-15H2,1H3. The summed E-state index contributed by atoms with van der Waals surface area (Å²) in [6, 6.07) is 6.64. The number of likely N-dealkylation sites (tertiary alicyclic amines) is 1. The van der Waals surface area contributed by atoms with E-state index < -0.39 is 10.0 Å². The van der Waals surface area contributed by atoms with Crippen molar-refractivity contribution in [3.05, 3.63) is 35.7 Å². The average Bonchev–Trinajstić information content (AvgIpc) is 2.96. The molecule has 9 heteroatoms. The first kappa shape index (κ1) is 19.4. The Labute approximate surface area is 166 Å². The maximum atomic E-state index is 13.3. The fourth-order valence-corrected chi connectivity index (χ4v) is 5.41. The van der Waals surface area contributed by atoms with Gasteiger partial charge in [0.15, 0.2) is 0 Å². The number of ether oxygens (including phenoxy) is 1. The van der Waals surface area contributed by atoms with Gasteiger partial charge in [0, 0.05) is 25.7 Å². The molecule has 0 unspecified atom stereocenters. The van der Waals surface area contributed by atoms with Crippen LogP contribution in [-0.2, 0) is 29.7 Å². The molecule has 28 heavy (non-hydrogen) atoms. The lowest BCUT2D eigenvalue weighted by molar-refractivity contribution is 0.217. The molecule has 1 aromatic heterocycles. The van der Waals surface area contributed by atoms with Crippen LogP contribution in [0.1, 0.15) is 37.1 Å². The minimum absolute atomic E-state index is 0.255. The van der Waals surface area contributed by atoms with E-state index in [0.717, 1.165) is 31.0 Å². The van der Waals surface area contributed by atoms with Crippen molar-refractivity contribution in [3.8, 4) is 5.75 Å². The zero-order valence-corrected chi connectivity index (χ0v) is 17.1. The summed E-state index contributed by atoms with van der Waals surface area (Å²) in [5, 5.41) is 8.68. The SMILES string of the molecule is COc1cccc(S(=O)(=O)N2CCCn3nnc(CN4CCCCC4)c3C2)c1. The molecule has 152 valence electrons. The van der Waals surface area contributed by atoms with Crippen molar-refractivity contribution in [1.29, 1.82) is 0 Å². The van der Waals surface area contributed by atoms with Crippen molar-refractivity contribution < 1.29 is 13.2 Å². The van der Waals surface area contributed by atoms with Crippen molar-refractivity contribution in [2.75, 3.05) is 26.7 Å². The van der Waals surface area contributed by atoms with E-state index in [1.807, 2.05) is 4.68 Å². The lowest BCUT2D eigenvalue weighted by Crippen LogP contribution is -2.32. The number of methoxy groups -OCH3 is 1. The molecule has 0 atom stereocenters. The molecule has 0 N–H and O–H groups in total. The Morgan fingerprint density at radius 3 is 2.68 bits per heavy atom. The van der Waals surface area contributed by atoms with Gasteiger partial charge in [0.1, 0.15) is 11.4 Å². The number of aryl methyl sites for hydroxylation is 1. The van der Waals surface area contributed by atoms with Crippen LogP contribution in [-0.4, -0.2) is 59.4 Å². The highest BCUT2D eigenvalue weighted by Gasteiger charge is 2.30. The molecule has 2 aliphatic rings. The van der Waals surface area contributed by atoms with Crippen LogP contribution in [0.3, 0.4) is 0 Å². The molecule has 1 aromatic carbocycles. The highest BCUT2D eigenvalue weighted by Crippen LogP contribution is 2.25. The summed E-state index contributed by atoms with van der Waals surface area (Å²) in [4.78, 5) is 2.64. The number of piperidine rings is 1. The summed E-state index contributed by atoms with van der Waals surface area (Å²) in [6.07, 6.45) is 4.41. The van der Waals surface area contributed by atoms with Crippen LogP contribution < -0.4 is 4.74 Å². The van der Waals surface area contributed by atoms with Crippen molar-refractivity contribution in [2.45, 2.75) is 50.2 Å². The Morgan fingerprint density at radius 1 is 1.07 bits per heavy atom. The van der Waals surface area contributed by atoms with Gasteiger partial charge in [-0.3, -0.25) is 4.90 Å². The lowest BCUT2D eigenvalue weighted by atomic mass is 10.1. The first-order valence-electron chi connectivity index (χ1n) is 9.86. The number of nitrogens with zero attached hydrogens (tertiary/aromatic N) is 5. The second kappa shape index (κ2) is 8.18. The summed E-state index contributed by atoms with van der Waals surface area (Å²) in [6.45, 7) is 4.33. The van der Waals surface area contributed by atoms with E-state index in [1.165, 1.54) is 26.4 Å². The number of aromatic nitrogens is 3. The van der Waals surface area contributed by atoms with Gasteiger partial charge in [-0.15, -0.1) is 5.10 Å². The topological polar surface area (TPSA) is 80.6 Å². The summed E-state index contributed by atoms with van der Waals surface area (Å²) < 4.78 is 35.1. The average molecular weight is 406 g/mol. The molecule has 0 radical (unpaired) electrons. The smallest absolute Gasteiger partial charge is 0.243 e. The van der Waals surface area contributed by atoms with Gasteiger partial charge < -0.3 is 4.74 Å². The van der Waals surface area contributed by atoms with Gasteiger partial charge in [-0.2, -0.15) is 4.31 Å². The predicted molar refractivity (Wildman–Crippen MR) is 104 cm³/mol. The quantitative estimate of drug-likeness (QED) is 0.755. The summed E-state index contributed by atoms with van der Waals surface area (Å²) in [5.74, 6) is 0.536. The van der Waals surface area contributed by atoms with Crippen LogP contribution in [0.5, 0.6) is 5.75 Å². The van der Waals surface area contributed by atoms with Gasteiger partial charge in [0.2, 0.25) is 10.0 Å². The second-order valence-electron chi connectivity index (χ2n) is 7.41.